The van der Waals surface area contributed by atoms with Gasteiger partial charge in [-0.2, -0.15) is 4.31 Å². The van der Waals surface area contributed by atoms with Crippen LogP contribution in [0.3, 0.4) is 0 Å². The van der Waals surface area contributed by atoms with E-state index in [-0.39, 0.29) is 36.0 Å². The highest BCUT2D eigenvalue weighted by Gasteiger charge is 2.40. The number of anilines is 1. The predicted molar refractivity (Wildman–Crippen MR) is 114 cm³/mol. The zero-order valence-corrected chi connectivity index (χ0v) is 17.6. The molecule has 166 valence electrons. The Morgan fingerprint density at radius 3 is 2.41 bits per heavy atom. The highest BCUT2D eigenvalue weighted by atomic mass is 32.2. The quantitative estimate of drug-likeness (QED) is 0.360. The Bertz CT molecular complexity index is 1280. The summed E-state index contributed by atoms with van der Waals surface area (Å²) in [5, 5.41) is 10.3. The van der Waals surface area contributed by atoms with Crippen LogP contribution < -0.4 is 16.1 Å². The Labute approximate surface area is 183 Å². The van der Waals surface area contributed by atoms with Crippen LogP contribution in [-0.2, 0) is 14.8 Å². The molecular weight excluding hydrogens is 436 g/mol. The molecule has 11 nitrogen and oxygen atoms in total. The molecule has 1 atom stereocenters. The molecule has 0 radical (unpaired) electrons. The molecule has 4 N–H and O–H groups in total. The van der Waals surface area contributed by atoms with Gasteiger partial charge in [0.1, 0.15) is 6.04 Å². The van der Waals surface area contributed by atoms with Crippen LogP contribution in [0.2, 0.25) is 0 Å². The smallest absolute Gasteiger partial charge is 0.277 e. The molecule has 0 saturated carbocycles. The molecule has 2 heterocycles. The monoisotopic (exact) mass is 456 g/mol. The van der Waals surface area contributed by atoms with Crippen molar-refractivity contribution >= 4 is 38.6 Å². The Morgan fingerprint density at radius 1 is 1.06 bits per heavy atom. The summed E-state index contributed by atoms with van der Waals surface area (Å²) in [5.74, 6) is -1.36. The fourth-order valence-electron chi connectivity index (χ4n) is 3.60. The van der Waals surface area contributed by atoms with E-state index in [1.807, 2.05) is 24.3 Å². The highest BCUT2D eigenvalue weighted by molar-refractivity contribution is 7.89. The number of piperazine rings is 1. The molecule has 1 aliphatic heterocycles. The Kier molecular flexibility index (Phi) is 5.74. The molecule has 2 amide bonds. The molecule has 3 aromatic rings. The maximum Gasteiger partial charge on any atom is 0.277 e. The number of rotatable bonds is 5. The molecule has 4 rings (SSSR count). The summed E-state index contributed by atoms with van der Waals surface area (Å²) in [5.41, 5.74) is 7.08. The number of carbonyl (C=O) groups is 2. The maximum atomic E-state index is 13.3. The van der Waals surface area contributed by atoms with Crippen LogP contribution in [0.25, 0.3) is 10.8 Å². The second-order valence-corrected chi connectivity index (χ2v) is 9.09. The van der Waals surface area contributed by atoms with E-state index in [0.29, 0.717) is 0 Å². The second-order valence-electron chi connectivity index (χ2n) is 7.20. The lowest BCUT2D eigenvalue weighted by molar-refractivity contribution is -0.121. The summed E-state index contributed by atoms with van der Waals surface area (Å²) in [6.45, 7) is 0.154. The van der Waals surface area contributed by atoms with Crippen LogP contribution in [0, 0.1) is 0 Å². The van der Waals surface area contributed by atoms with Crippen LogP contribution in [0.1, 0.15) is 10.4 Å². The van der Waals surface area contributed by atoms with Crippen molar-refractivity contribution < 1.29 is 23.2 Å². The summed E-state index contributed by atoms with van der Waals surface area (Å²) >= 11 is 0. The fourth-order valence-corrected chi connectivity index (χ4v) is 5.21. The average Bonchev–Trinajstić information content (AvgIpc) is 2.82. The summed E-state index contributed by atoms with van der Waals surface area (Å²) in [7, 11) is -3.99. The third kappa shape index (κ3) is 3.98. The van der Waals surface area contributed by atoms with Gasteiger partial charge in [0.25, 0.3) is 5.91 Å². The van der Waals surface area contributed by atoms with Crippen LogP contribution in [-0.4, -0.2) is 65.4 Å². The van der Waals surface area contributed by atoms with Crippen LogP contribution in [0.5, 0.6) is 0 Å². The van der Waals surface area contributed by atoms with E-state index in [4.69, 9.17) is 10.9 Å². The molecule has 1 unspecified atom stereocenters. The maximum absolute atomic E-state index is 13.3. The standard InChI is InChI=1S/C20H20N6O5S/c21-18(27)17-12-25(20-22-10-15(11-23-20)19(28)24-29)7-8-26(17)32(30,31)16-6-5-13-3-1-2-4-14(13)9-16/h1-6,9-11,17,29H,7-8,12H2,(H2,21,27)(H,24,28). The largest absolute Gasteiger partial charge is 0.368 e. The van der Waals surface area contributed by atoms with E-state index < -0.39 is 27.9 Å². The van der Waals surface area contributed by atoms with E-state index in [1.54, 1.807) is 17.0 Å². The van der Waals surface area contributed by atoms with Gasteiger partial charge in [0.2, 0.25) is 21.9 Å². The molecule has 0 aliphatic carbocycles. The van der Waals surface area contributed by atoms with Gasteiger partial charge in [-0.1, -0.05) is 30.3 Å². The number of nitrogens with one attached hydrogen (secondary N) is 1. The lowest BCUT2D eigenvalue weighted by atomic mass is 10.1. The van der Waals surface area contributed by atoms with Crippen molar-refractivity contribution in [2.45, 2.75) is 10.9 Å². The van der Waals surface area contributed by atoms with Crippen molar-refractivity contribution in [3.63, 3.8) is 0 Å². The normalized spacial score (nSPS) is 17.3. The molecule has 0 spiro atoms. The van der Waals surface area contributed by atoms with Gasteiger partial charge in [-0.05, 0) is 22.9 Å². The molecule has 32 heavy (non-hydrogen) atoms. The molecule has 1 fully saturated rings. The van der Waals surface area contributed by atoms with Crippen molar-refractivity contribution in [1.29, 1.82) is 0 Å². The molecule has 12 heteroatoms. The number of primary amides is 1. The molecule has 1 aliphatic rings. The number of benzene rings is 2. The van der Waals surface area contributed by atoms with Gasteiger partial charge in [-0.15, -0.1) is 0 Å². The number of hydroxylamine groups is 1. The molecule has 1 aromatic heterocycles. The molecular formula is C20H20N6O5S. The van der Waals surface area contributed by atoms with Crippen molar-refractivity contribution in [2.24, 2.45) is 5.73 Å². The zero-order chi connectivity index (χ0) is 22.9. The number of fused-ring (bicyclic) bond motifs is 1. The Hall–Kier alpha value is -3.61. The van der Waals surface area contributed by atoms with E-state index in [0.717, 1.165) is 15.1 Å². The number of carbonyl (C=O) groups excluding carboxylic acids is 2. The van der Waals surface area contributed by atoms with Crippen molar-refractivity contribution in [1.82, 2.24) is 19.8 Å². The lowest BCUT2D eigenvalue weighted by Gasteiger charge is -2.38. The first-order valence-corrected chi connectivity index (χ1v) is 11.1. The first-order valence-electron chi connectivity index (χ1n) is 9.62. The van der Waals surface area contributed by atoms with E-state index in [2.05, 4.69) is 9.97 Å². The molecule has 1 saturated heterocycles. The first-order chi connectivity index (χ1) is 15.3. The topological polar surface area (TPSA) is 159 Å². The van der Waals surface area contributed by atoms with Gasteiger partial charge in [-0.3, -0.25) is 14.8 Å². The minimum Gasteiger partial charge on any atom is -0.368 e. The Balaban J connectivity index is 1.60. The summed E-state index contributed by atoms with van der Waals surface area (Å²) < 4.78 is 27.8. The number of nitrogens with two attached hydrogens (primary N) is 1. The number of sulfonamides is 1. The number of amides is 2. The van der Waals surface area contributed by atoms with Gasteiger partial charge >= 0.3 is 0 Å². The SMILES string of the molecule is NC(=O)C1CN(c2ncc(C(=O)NO)cn2)CCN1S(=O)(=O)c1ccc2ccccc2c1. The lowest BCUT2D eigenvalue weighted by Crippen LogP contribution is -2.60. The first kappa shape index (κ1) is 21.6. The second kappa shape index (κ2) is 8.49. The fraction of sp³-hybridized carbons (Fsp3) is 0.200. The Morgan fingerprint density at radius 2 is 1.75 bits per heavy atom. The van der Waals surface area contributed by atoms with E-state index in [9.17, 15) is 18.0 Å². The average molecular weight is 456 g/mol. The van der Waals surface area contributed by atoms with Crippen molar-refractivity contribution in [3.05, 3.63) is 60.4 Å². The van der Waals surface area contributed by atoms with Gasteiger partial charge in [0.05, 0.1) is 10.5 Å². The minimum absolute atomic E-state index is 0.00892. The van der Waals surface area contributed by atoms with Gasteiger partial charge in [0.15, 0.2) is 0 Å². The predicted octanol–water partition coefficient (Wildman–Crippen LogP) is 0.114. The number of hydrogen-bond acceptors (Lipinski definition) is 8. The number of aromatic nitrogens is 2. The zero-order valence-electron chi connectivity index (χ0n) is 16.7. The summed E-state index contributed by atoms with van der Waals surface area (Å²) in [6.07, 6.45) is 2.43. The third-order valence-electron chi connectivity index (χ3n) is 5.27. The van der Waals surface area contributed by atoms with Gasteiger partial charge in [-0.25, -0.2) is 23.9 Å². The molecule has 0 bridgehead atoms. The van der Waals surface area contributed by atoms with E-state index in [1.165, 1.54) is 23.9 Å². The minimum atomic E-state index is -3.99. The third-order valence-corrected chi connectivity index (χ3v) is 7.18. The molecule has 2 aromatic carbocycles. The number of hydrogen-bond donors (Lipinski definition) is 3. The highest BCUT2D eigenvalue weighted by Crippen LogP contribution is 2.26. The van der Waals surface area contributed by atoms with Crippen LogP contribution >= 0.6 is 0 Å². The number of nitrogens with zero attached hydrogens (tertiary/aromatic N) is 4. The van der Waals surface area contributed by atoms with Crippen molar-refractivity contribution in [2.75, 3.05) is 24.5 Å². The van der Waals surface area contributed by atoms with E-state index >= 15 is 0 Å². The van der Waals surface area contributed by atoms with Crippen LogP contribution in [0.4, 0.5) is 5.95 Å². The van der Waals surface area contributed by atoms with Gasteiger partial charge < -0.3 is 10.6 Å². The van der Waals surface area contributed by atoms with Crippen LogP contribution in [0.15, 0.2) is 59.8 Å². The van der Waals surface area contributed by atoms with Gasteiger partial charge in [0, 0.05) is 32.0 Å². The summed E-state index contributed by atoms with van der Waals surface area (Å²) in [4.78, 5) is 33.4. The van der Waals surface area contributed by atoms with Crippen molar-refractivity contribution in [3.8, 4) is 0 Å². The summed E-state index contributed by atoms with van der Waals surface area (Å²) in [6, 6.07) is 11.0.